The quantitative estimate of drug-likeness (QED) is 0.639. The molecule has 2 aliphatic rings. The Morgan fingerprint density at radius 2 is 1.76 bits per heavy atom. The van der Waals surface area contributed by atoms with E-state index in [1.807, 2.05) is 42.5 Å². The van der Waals surface area contributed by atoms with Crippen LogP contribution >= 0.6 is 0 Å². The highest BCUT2D eigenvalue weighted by Gasteiger charge is 2.54. The van der Waals surface area contributed by atoms with Crippen molar-refractivity contribution in [2.45, 2.75) is 18.4 Å². The molecule has 0 atom stereocenters. The minimum absolute atomic E-state index is 0.0123. The summed E-state index contributed by atoms with van der Waals surface area (Å²) in [5, 5.41) is 2.74. The number of piperidine rings is 1. The highest BCUT2D eigenvalue weighted by Crippen LogP contribution is 2.39. The topological polar surface area (TPSA) is 82.2 Å². The van der Waals surface area contributed by atoms with E-state index in [1.54, 1.807) is 35.1 Å². The smallest absolute Gasteiger partial charge is 0.257 e. The average Bonchev–Trinajstić information content (AvgIpc) is 3.14. The van der Waals surface area contributed by atoms with Gasteiger partial charge in [-0.2, -0.15) is 0 Å². The van der Waals surface area contributed by atoms with Gasteiger partial charge in [0.05, 0.1) is 19.3 Å². The molecular formula is C26H30N4O4. The van der Waals surface area contributed by atoms with Crippen LogP contribution in [0.4, 0.5) is 5.69 Å². The monoisotopic (exact) mass is 462 g/mol. The molecule has 0 unspecified atom stereocenters. The molecule has 4 rings (SSSR count). The highest BCUT2D eigenvalue weighted by atomic mass is 16.5. The molecule has 0 aromatic heterocycles. The molecule has 0 saturated carbocycles. The fourth-order valence-electron chi connectivity index (χ4n) is 4.81. The van der Waals surface area contributed by atoms with Gasteiger partial charge < -0.3 is 24.8 Å². The van der Waals surface area contributed by atoms with E-state index in [1.165, 1.54) is 0 Å². The van der Waals surface area contributed by atoms with Gasteiger partial charge in [0.2, 0.25) is 5.91 Å². The third-order valence-electron chi connectivity index (χ3n) is 6.58. The highest BCUT2D eigenvalue weighted by molar-refractivity contribution is 5.99. The number of rotatable bonds is 7. The first-order valence-electron chi connectivity index (χ1n) is 11.4. The fraction of sp³-hybridized carbons (Fsp3) is 0.346. The van der Waals surface area contributed by atoms with Crippen molar-refractivity contribution in [1.82, 2.24) is 15.1 Å². The summed E-state index contributed by atoms with van der Waals surface area (Å²) in [5.41, 5.74) is 0.644. The van der Waals surface area contributed by atoms with Gasteiger partial charge in [-0.3, -0.25) is 14.4 Å². The van der Waals surface area contributed by atoms with Crippen molar-refractivity contribution in [3.8, 4) is 5.75 Å². The summed E-state index contributed by atoms with van der Waals surface area (Å²) in [6, 6.07) is 16.9. The Labute approximate surface area is 199 Å². The van der Waals surface area contributed by atoms with Crippen LogP contribution in [-0.4, -0.2) is 73.0 Å². The standard InChI is InChI=1S/C26H30N4O4/c1-3-15-27-23(31)18-29-19-30(20-9-5-4-6-10-20)26(25(29)33)13-16-28(17-14-26)24(32)21-11-7-8-12-22(21)34-2/h3-12H,1,13-19H2,2H3,(H,27,31). The van der Waals surface area contributed by atoms with E-state index in [2.05, 4.69) is 16.8 Å². The van der Waals surface area contributed by atoms with Crippen molar-refractivity contribution < 1.29 is 19.1 Å². The summed E-state index contributed by atoms with van der Waals surface area (Å²) in [5.74, 6) is 0.133. The van der Waals surface area contributed by atoms with Gasteiger partial charge >= 0.3 is 0 Å². The molecule has 178 valence electrons. The van der Waals surface area contributed by atoms with Crippen molar-refractivity contribution in [2.24, 2.45) is 0 Å². The van der Waals surface area contributed by atoms with Crippen LogP contribution in [0.5, 0.6) is 5.75 Å². The zero-order chi connectivity index (χ0) is 24.1. The van der Waals surface area contributed by atoms with E-state index in [0.717, 1.165) is 5.69 Å². The Morgan fingerprint density at radius 3 is 2.44 bits per heavy atom. The number of hydrogen-bond donors (Lipinski definition) is 1. The fourth-order valence-corrected chi connectivity index (χ4v) is 4.81. The van der Waals surface area contributed by atoms with Crippen LogP contribution < -0.4 is 15.0 Å². The number of nitrogens with one attached hydrogen (secondary N) is 1. The van der Waals surface area contributed by atoms with Gasteiger partial charge in [-0.25, -0.2) is 0 Å². The number of carbonyl (C=O) groups excluding carboxylic acids is 3. The van der Waals surface area contributed by atoms with Crippen molar-refractivity contribution in [1.29, 1.82) is 0 Å². The molecule has 2 saturated heterocycles. The number of methoxy groups -OCH3 is 1. The Bertz CT molecular complexity index is 1060. The van der Waals surface area contributed by atoms with Gasteiger partial charge in [-0.1, -0.05) is 36.4 Å². The lowest BCUT2D eigenvalue weighted by molar-refractivity contribution is -0.137. The van der Waals surface area contributed by atoms with Crippen molar-refractivity contribution in [3.05, 3.63) is 72.8 Å². The second kappa shape index (κ2) is 9.99. The Morgan fingerprint density at radius 1 is 1.09 bits per heavy atom. The molecule has 2 aromatic rings. The van der Waals surface area contributed by atoms with Gasteiger partial charge in [0.25, 0.3) is 11.8 Å². The van der Waals surface area contributed by atoms with Crippen molar-refractivity contribution >= 4 is 23.4 Å². The Hall–Kier alpha value is -3.81. The molecule has 1 N–H and O–H groups in total. The van der Waals surface area contributed by atoms with Crippen LogP contribution in [0.3, 0.4) is 0 Å². The lowest BCUT2D eigenvalue weighted by Crippen LogP contribution is -2.57. The van der Waals surface area contributed by atoms with Crippen LogP contribution in [0.15, 0.2) is 67.3 Å². The second-order valence-corrected chi connectivity index (χ2v) is 8.52. The molecular weight excluding hydrogens is 432 g/mol. The Kier molecular flexibility index (Phi) is 6.86. The number of ether oxygens (including phenoxy) is 1. The summed E-state index contributed by atoms with van der Waals surface area (Å²) < 4.78 is 5.36. The van der Waals surface area contributed by atoms with Crippen LogP contribution in [0.25, 0.3) is 0 Å². The third-order valence-corrected chi connectivity index (χ3v) is 6.58. The zero-order valence-corrected chi connectivity index (χ0v) is 19.4. The minimum atomic E-state index is -0.794. The third kappa shape index (κ3) is 4.35. The SMILES string of the molecule is C=CCNC(=O)CN1CN(c2ccccc2)C2(CCN(C(=O)c3ccccc3OC)CC2)C1=O. The summed E-state index contributed by atoms with van der Waals surface area (Å²) in [6.45, 7) is 5.14. The molecule has 1 spiro atoms. The molecule has 34 heavy (non-hydrogen) atoms. The van der Waals surface area contributed by atoms with Gasteiger partial charge in [0.1, 0.15) is 17.8 Å². The summed E-state index contributed by atoms with van der Waals surface area (Å²) >= 11 is 0. The number of anilines is 1. The number of carbonyl (C=O) groups is 3. The van der Waals surface area contributed by atoms with E-state index in [-0.39, 0.29) is 24.3 Å². The first-order chi connectivity index (χ1) is 16.5. The van der Waals surface area contributed by atoms with Gasteiger partial charge in [-0.15, -0.1) is 6.58 Å². The maximum absolute atomic E-state index is 13.7. The van der Waals surface area contributed by atoms with E-state index >= 15 is 0 Å². The van der Waals surface area contributed by atoms with Crippen LogP contribution in [-0.2, 0) is 9.59 Å². The van der Waals surface area contributed by atoms with Crippen LogP contribution in [0, 0.1) is 0 Å². The molecule has 0 radical (unpaired) electrons. The first-order valence-corrected chi connectivity index (χ1v) is 11.4. The van der Waals surface area contributed by atoms with E-state index < -0.39 is 5.54 Å². The first kappa shape index (κ1) is 23.4. The van der Waals surface area contributed by atoms with E-state index in [0.29, 0.717) is 50.5 Å². The van der Waals surface area contributed by atoms with Crippen LogP contribution in [0.1, 0.15) is 23.2 Å². The number of nitrogens with zero attached hydrogens (tertiary/aromatic N) is 3. The molecule has 3 amide bonds. The number of amides is 3. The van der Waals surface area contributed by atoms with E-state index in [9.17, 15) is 14.4 Å². The largest absolute Gasteiger partial charge is 0.496 e. The van der Waals surface area contributed by atoms with Crippen molar-refractivity contribution in [2.75, 3.05) is 44.9 Å². The minimum Gasteiger partial charge on any atom is -0.496 e. The normalized spacial score (nSPS) is 17.1. The Balaban J connectivity index is 1.55. The lowest BCUT2D eigenvalue weighted by atomic mass is 9.85. The van der Waals surface area contributed by atoms with Gasteiger partial charge in [0, 0.05) is 25.3 Å². The molecule has 8 heteroatoms. The molecule has 8 nitrogen and oxygen atoms in total. The van der Waals surface area contributed by atoms with Crippen molar-refractivity contribution in [3.63, 3.8) is 0 Å². The second-order valence-electron chi connectivity index (χ2n) is 8.52. The lowest BCUT2D eigenvalue weighted by Gasteiger charge is -2.43. The predicted octanol–water partition coefficient (Wildman–Crippen LogP) is 2.28. The number of likely N-dealkylation sites (tertiary alicyclic amines) is 1. The van der Waals surface area contributed by atoms with Gasteiger partial charge in [0.15, 0.2) is 0 Å². The van der Waals surface area contributed by atoms with Crippen LogP contribution in [0.2, 0.25) is 0 Å². The molecule has 2 aromatic carbocycles. The number of benzene rings is 2. The van der Waals surface area contributed by atoms with Gasteiger partial charge in [-0.05, 0) is 37.1 Å². The summed E-state index contributed by atoms with van der Waals surface area (Å²) in [7, 11) is 1.55. The summed E-state index contributed by atoms with van der Waals surface area (Å²) in [4.78, 5) is 44.7. The maximum atomic E-state index is 13.7. The average molecular weight is 463 g/mol. The number of hydrogen-bond acceptors (Lipinski definition) is 5. The maximum Gasteiger partial charge on any atom is 0.257 e. The van der Waals surface area contributed by atoms with E-state index in [4.69, 9.17) is 4.74 Å². The number of para-hydroxylation sites is 2. The molecule has 2 fully saturated rings. The molecule has 2 aliphatic heterocycles. The zero-order valence-electron chi connectivity index (χ0n) is 19.4. The predicted molar refractivity (Wildman–Crippen MR) is 130 cm³/mol. The molecule has 0 bridgehead atoms. The summed E-state index contributed by atoms with van der Waals surface area (Å²) in [6.07, 6.45) is 2.56. The molecule has 0 aliphatic carbocycles. The molecule has 2 heterocycles.